The summed E-state index contributed by atoms with van der Waals surface area (Å²) < 4.78 is 5.52. The fourth-order valence-electron chi connectivity index (χ4n) is 3.75. The van der Waals surface area contributed by atoms with E-state index in [-0.39, 0.29) is 31.0 Å². The summed E-state index contributed by atoms with van der Waals surface area (Å²) in [6, 6.07) is 7.71. The topological polar surface area (TPSA) is 122 Å². The minimum absolute atomic E-state index is 0.151. The van der Waals surface area contributed by atoms with E-state index in [1.54, 1.807) is 16.9 Å². The third-order valence-corrected chi connectivity index (χ3v) is 8.04. The molecule has 4 atom stereocenters. The lowest BCUT2D eigenvalue weighted by molar-refractivity contribution is -0.150. The number of aliphatic hydroxyl groups excluding tert-OH is 1. The van der Waals surface area contributed by atoms with Crippen LogP contribution >= 0.6 is 21.6 Å². The largest absolute Gasteiger partial charge is 0.457 e. The zero-order valence-corrected chi connectivity index (χ0v) is 23.3. The third-order valence-electron chi connectivity index (χ3n) is 5.59. The maximum Gasteiger partial charge on any atom is 0.309 e. The summed E-state index contributed by atoms with van der Waals surface area (Å²) in [5.41, 5.74) is 0.854. The minimum Gasteiger partial charge on any atom is -0.457 e. The lowest BCUT2D eigenvalue weighted by Gasteiger charge is -2.23. The van der Waals surface area contributed by atoms with Gasteiger partial charge in [0.15, 0.2) is 5.78 Å². The number of benzene rings is 1. The number of Topliss-reactive ketones (excluding diaryl/α,β-unsaturated/α-hetero) is 1. The van der Waals surface area contributed by atoms with Gasteiger partial charge in [-0.05, 0) is 37.3 Å². The number of nitrogens with one attached hydrogen (secondary N) is 2. The van der Waals surface area contributed by atoms with Crippen LogP contribution in [0.15, 0.2) is 42.5 Å². The van der Waals surface area contributed by atoms with Crippen molar-refractivity contribution in [3.63, 3.8) is 0 Å². The molecule has 1 aromatic carbocycles. The van der Waals surface area contributed by atoms with Crippen LogP contribution in [0.25, 0.3) is 0 Å². The normalized spacial score (nSPS) is 23.6. The highest BCUT2D eigenvalue weighted by Gasteiger charge is 2.27. The van der Waals surface area contributed by atoms with Crippen molar-refractivity contribution in [3.8, 4) is 0 Å². The molecule has 2 amide bonds. The Morgan fingerprint density at radius 1 is 1.14 bits per heavy atom. The van der Waals surface area contributed by atoms with Gasteiger partial charge in [-0.15, -0.1) is 0 Å². The van der Waals surface area contributed by atoms with Crippen molar-refractivity contribution < 1.29 is 29.0 Å². The summed E-state index contributed by atoms with van der Waals surface area (Å²) in [6.45, 7) is 5.35. The molecule has 0 bridgehead atoms. The Hall–Kier alpha value is -2.30. The van der Waals surface area contributed by atoms with E-state index in [0.717, 1.165) is 11.3 Å². The molecule has 8 nitrogen and oxygen atoms in total. The van der Waals surface area contributed by atoms with Gasteiger partial charge in [0.1, 0.15) is 12.1 Å². The predicted octanol–water partition coefficient (Wildman–Crippen LogP) is 3.23. The Morgan fingerprint density at radius 2 is 1.86 bits per heavy atom. The molecule has 1 aliphatic rings. The van der Waals surface area contributed by atoms with E-state index in [9.17, 15) is 24.3 Å². The monoisotopic (exact) mass is 550 g/mol. The van der Waals surface area contributed by atoms with Crippen molar-refractivity contribution in [2.75, 3.05) is 11.5 Å². The zero-order chi connectivity index (χ0) is 27.2. The number of ether oxygens (including phenoxy) is 1. The first-order chi connectivity index (χ1) is 17.6. The van der Waals surface area contributed by atoms with Crippen molar-refractivity contribution in [3.05, 3.63) is 48.0 Å². The first kappa shape index (κ1) is 30.9. The smallest absolute Gasteiger partial charge is 0.309 e. The quantitative estimate of drug-likeness (QED) is 0.256. The van der Waals surface area contributed by atoms with Gasteiger partial charge < -0.3 is 20.5 Å². The molecular weight excluding hydrogens is 512 g/mol. The molecule has 0 saturated heterocycles. The van der Waals surface area contributed by atoms with Crippen molar-refractivity contribution in [2.24, 2.45) is 5.92 Å². The summed E-state index contributed by atoms with van der Waals surface area (Å²) in [5.74, 6) is -0.240. The van der Waals surface area contributed by atoms with Gasteiger partial charge in [0, 0.05) is 17.9 Å². The lowest BCUT2D eigenvalue weighted by Crippen LogP contribution is -2.53. The maximum atomic E-state index is 13.2. The Bertz CT molecular complexity index is 925. The van der Waals surface area contributed by atoms with Crippen LogP contribution < -0.4 is 10.6 Å². The second-order valence-corrected chi connectivity index (χ2v) is 12.2. The number of ketones is 1. The third kappa shape index (κ3) is 12.7. The molecule has 10 heteroatoms. The Labute approximate surface area is 227 Å². The summed E-state index contributed by atoms with van der Waals surface area (Å²) in [4.78, 5) is 50.7. The highest BCUT2D eigenvalue weighted by molar-refractivity contribution is 8.76. The number of esters is 1. The molecule has 0 spiro atoms. The van der Waals surface area contributed by atoms with Gasteiger partial charge in [0.25, 0.3) is 0 Å². The molecule has 204 valence electrons. The zero-order valence-electron chi connectivity index (χ0n) is 21.7. The number of hydrogen-bond acceptors (Lipinski definition) is 8. The predicted molar refractivity (Wildman–Crippen MR) is 148 cm³/mol. The van der Waals surface area contributed by atoms with Crippen LogP contribution in [0.5, 0.6) is 0 Å². The van der Waals surface area contributed by atoms with Gasteiger partial charge >= 0.3 is 5.97 Å². The molecule has 0 radical (unpaired) electrons. The first-order valence-electron chi connectivity index (χ1n) is 12.6. The second kappa shape index (κ2) is 16.5. The molecule has 0 fully saturated rings. The summed E-state index contributed by atoms with van der Waals surface area (Å²) in [5, 5.41) is 15.7. The van der Waals surface area contributed by atoms with E-state index in [1.807, 2.05) is 50.3 Å². The van der Waals surface area contributed by atoms with Crippen molar-refractivity contribution in [1.29, 1.82) is 0 Å². The van der Waals surface area contributed by atoms with Crippen LogP contribution in [0, 0.1) is 5.92 Å². The summed E-state index contributed by atoms with van der Waals surface area (Å²) in [6.07, 6.45) is 2.98. The summed E-state index contributed by atoms with van der Waals surface area (Å²) >= 11 is 0. The van der Waals surface area contributed by atoms with E-state index in [4.69, 9.17) is 4.74 Å². The highest BCUT2D eigenvalue weighted by Crippen LogP contribution is 2.23. The Morgan fingerprint density at radius 3 is 2.54 bits per heavy atom. The van der Waals surface area contributed by atoms with Crippen LogP contribution in [-0.4, -0.2) is 64.5 Å². The van der Waals surface area contributed by atoms with Gasteiger partial charge in [-0.2, -0.15) is 0 Å². The van der Waals surface area contributed by atoms with Gasteiger partial charge in [0.05, 0.1) is 25.0 Å². The van der Waals surface area contributed by atoms with Crippen LogP contribution in [0.4, 0.5) is 0 Å². The van der Waals surface area contributed by atoms with Crippen molar-refractivity contribution >= 4 is 45.2 Å². The maximum absolute atomic E-state index is 13.2. The average molecular weight is 551 g/mol. The molecule has 0 aromatic heterocycles. The van der Waals surface area contributed by atoms with E-state index >= 15 is 0 Å². The number of amides is 2. The van der Waals surface area contributed by atoms with E-state index in [2.05, 4.69) is 10.6 Å². The van der Waals surface area contributed by atoms with Crippen molar-refractivity contribution in [2.45, 2.75) is 77.2 Å². The van der Waals surface area contributed by atoms with Gasteiger partial charge in [-0.25, -0.2) is 0 Å². The standard InChI is InChI=1S/C27H38N2O6S2/c1-18(2)13-21(31)15-26(33)35-22-11-7-8-12-36-37-17-24(19(3)30)29-27(34)23(28-25(32)16-22)14-20-9-5-4-6-10-20/h4-7,9-11,18,21-24,31H,8,12-17H2,1-3H3,(H,28,32)(H,29,34)/b11-7+/t21-,22-,23-,24-/m1/s1. The SMILES string of the molecule is CC(=O)[C@H]1CSSCC/C=C/[C@@H](OC(=O)C[C@H](O)CC(C)C)CC(=O)N[C@H](Cc2ccccc2)C(=O)N1. The van der Waals surface area contributed by atoms with Crippen LogP contribution in [0.3, 0.4) is 0 Å². The molecule has 1 aromatic rings. The molecule has 2 rings (SSSR count). The number of carbonyl (C=O) groups is 4. The van der Waals surface area contributed by atoms with Gasteiger partial charge in [0.2, 0.25) is 11.8 Å². The van der Waals surface area contributed by atoms with Crippen LogP contribution in [0.2, 0.25) is 0 Å². The molecule has 0 unspecified atom stereocenters. The lowest BCUT2D eigenvalue weighted by atomic mass is 10.0. The first-order valence-corrected chi connectivity index (χ1v) is 15.1. The number of aliphatic hydroxyl groups is 1. The minimum atomic E-state index is -0.910. The Kier molecular flexibility index (Phi) is 13.8. The molecule has 0 saturated carbocycles. The Balaban J connectivity index is 2.18. The molecule has 37 heavy (non-hydrogen) atoms. The fourth-order valence-corrected chi connectivity index (χ4v) is 5.99. The molecular formula is C27H38N2O6S2. The fraction of sp³-hybridized carbons (Fsp3) is 0.556. The average Bonchev–Trinajstić information content (AvgIpc) is 2.81. The molecule has 1 aliphatic heterocycles. The van der Waals surface area contributed by atoms with Crippen molar-refractivity contribution in [1.82, 2.24) is 10.6 Å². The molecule has 3 N–H and O–H groups in total. The van der Waals surface area contributed by atoms with Gasteiger partial charge in [-0.3, -0.25) is 19.2 Å². The van der Waals surface area contributed by atoms with Gasteiger partial charge in [-0.1, -0.05) is 71.8 Å². The van der Waals surface area contributed by atoms with E-state index in [0.29, 0.717) is 18.6 Å². The van der Waals surface area contributed by atoms with E-state index < -0.39 is 42.1 Å². The number of rotatable bonds is 8. The second-order valence-electron chi connectivity index (χ2n) is 9.52. The molecule has 0 aliphatic carbocycles. The number of hydrogen-bond donors (Lipinski definition) is 3. The number of carbonyl (C=O) groups excluding carboxylic acids is 4. The van der Waals surface area contributed by atoms with Crippen LogP contribution in [0.1, 0.15) is 52.0 Å². The number of allylic oxidation sites excluding steroid dienone is 1. The van der Waals surface area contributed by atoms with Crippen LogP contribution in [-0.2, 0) is 30.3 Å². The highest BCUT2D eigenvalue weighted by atomic mass is 33.1. The summed E-state index contributed by atoms with van der Waals surface area (Å²) in [7, 11) is 3.08. The van der Waals surface area contributed by atoms with E-state index in [1.165, 1.54) is 17.7 Å². The molecule has 1 heterocycles.